The predicted octanol–water partition coefficient (Wildman–Crippen LogP) is 7.04. The van der Waals surface area contributed by atoms with Gasteiger partial charge in [0, 0.05) is 6.08 Å². The van der Waals surface area contributed by atoms with E-state index in [1.165, 1.54) is 44.1 Å². The molecule has 31 heavy (non-hydrogen) atoms. The fourth-order valence-electron chi connectivity index (χ4n) is 3.63. The Balaban J connectivity index is 0.00000161. The Hall–Kier alpha value is -1.81. The third kappa shape index (κ3) is 10.9. The number of carboxylic acids is 1. The number of rotatable bonds is 10. The number of benzene rings is 1. The van der Waals surface area contributed by atoms with Crippen LogP contribution in [0.3, 0.4) is 0 Å². The summed E-state index contributed by atoms with van der Waals surface area (Å²) in [6, 6.07) is 4.42. The van der Waals surface area contributed by atoms with E-state index < -0.39 is 5.97 Å². The lowest BCUT2D eigenvalue weighted by atomic mass is 9.76. The summed E-state index contributed by atoms with van der Waals surface area (Å²) >= 11 is 0. The Kier molecular flexibility index (Phi) is 12.8. The second-order valence-electron chi connectivity index (χ2n) is 10.5. The van der Waals surface area contributed by atoms with E-state index in [9.17, 15) is 9.90 Å². The summed E-state index contributed by atoms with van der Waals surface area (Å²) in [5.41, 5.74) is 9.38. The fourth-order valence-corrected chi connectivity index (χ4v) is 3.63. The van der Waals surface area contributed by atoms with Crippen LogP contribution in [0.15, 0.2) is 24.8 Å². The summed E-state index contributed by atoms with van der Waals surface area (Å²) in [5, 5.41) is 18.5. The van der Waals surface area contributed by atoms with E-state index in [0.29, 0.717) is 18.2 Å². The molecule has 0 saturated heterocycles. The number of carboxylic acid groups (broad SMARTS) is 1. The lowest BCUT2D eigenvalue weighted by Crippen LogP contribution is -2.20. The molecule has 0 aliphatic carbocycles. The molecule has 1 rings (SSSR count). The van der Waals surface area contributed by atoms with E-state index >= 15 is 0 Å². The summed E-state index contributed by atoms with van der Waals surface area (Å²) in [6.45, 7) is 18.9. The molecule has 178 valence electrons. The van der Waals surface area contributed by atoms with Gasteiger partial charge in [-0.05, 0) is 46.4 Å². The number of phenols is 1. The molecule has 1 aromatic carbocycles. The van der Waals surface area contributed by atoms with Crippen LogP contribution in [0, 0.1) is 0 Å². The van der Waals surface area contributed by atoms with Crippen molar-refractivity contribution in [2.75, 3.05) is 6.54 Å². The van der Waals surface area contributed by atoms with Crippen molar-refractivity contribution in [1.82, 2.24) is 0 Å². The van der Waals surface area contributed by atoms with Crippen molar-refractivity contribution in [3.05, 3.63) is 41.5 Å². The molecule has 0 fully saturated rings. The summed E-state index contributed by atoms with van der Waals surface area (Å²) in [5.74, 6) is -0.141. The maximum atomic E-state index is 10.9. The van der Waals surface area contributed by atoms with E-state index in [-0.39, 0.29) is 10.8 Å². The topological polar surface area (TPSA) is 83.5 Å². The van der Waals surface area contributed by atoms with Crippen LogP contribution in [0.5, 0.6) is 5.75 Å². The Morgan fingerprint density at radius 3 is 1.77 bits per heavy atom. The highest BCUT2D eigenvalue weighted by Crippen LogP contribution is 2.41. The molecular formula is C27H47NO3. The number of nitrogens with two attached hydrogens (primary N) is 1. The van der Waals surface area contributed by atoms with Crippen molar-refractivity contribution in [3.8, 4) is 5.75 Å². The number of carbonyl (C=O) groups is 1. The maximum absolute atomic E-state index is 10.9. The van der Waals surface area contributed by atoms with E-state index in [1.54, 1.807) is 0 Å². The van der Waals surface area contributed by atoms with Crippen LogP contribution in [0.1, 0.15) is 116 Å². The van der Waals surface area contributed by atoms with Crippen molar-refractivity contribution < 1.29 is 15.0 Å². The van der Waals surface area contributed by atoms with Gasteiger partial charge < -0.3 is 15.9 Å². The van der Waals surface area contributed by atoms with Gasteiger partial charge >= 0.3 is 5.97 Å². The second-order valence-corrected chi connectivity index (χ2v) is 10.5. The first-order chi connectivity index (χ1) is 14.3. The third-order valence-electron chi connectivity index (χ3n) is 5.58. The van der Waals surface area contributed by atoms with Gasteiger partial charge in [-0.1, -0.05) is 106 Å². The summed E-state index contributed by atoms with van der Waals surface area (Å²) in [7, 11) is 0. The smallest absolute Gasteiger partial charge is 0.327 e. The zero-order chi connectivity index (χ0) is 24.2. The maximum Gasteiger partial charge on any atom is 0.327 e. The molecule has 0 aliphatic heterocycles. The normalized spacial score (nSPS) is 12.6. The number of hydrogen-bond acceptors (Lipinski definition) is 3. The molecule has 0 spiro atoms. The van der Waals surface area contributed by atoms with Crippen molar-refractivity contribution in [1.29, 1.82) is 0 Å². The minimum Gasteiger partial charge on any atom is -0.507 e. The molecule has 4 heteroatoms. The highest BCUT2D eigenvalue weighted by molar-refractivity contribution is 5.78. The Morgan fingerprint density at radius 2 is 1.42 bits per heavy atom. The third-order valence-corrected chi connectivity index (χ3v) is 5.58. The van der Waals surface area contributed by atoms with Gasteiger partial charge in [-0.15, -0.1) is 0 Å². The van der Waals surface area contributed by atoms with E-state index in [1.807, 2.05) is 0 Å². The van der Waals surface area contributed by atoms with E-state index in [2.05, 4.69) is 67.2 Å². The van der Waals surface area contributed by atoms with Crippen molar-refractivity contribution in [3.63, 3.8) is 0 Å². The highest BCUT2D eigenvalue weighted by atomic mass is 16.4. The van der Waals surface area contributed by atoms with Gasteiger partial charge in [0.05, 0.1) is 0 Å². The molecule has 0 aromatic heterocycles. The second kappa shape index (κ2) is 13.6. The number of unbranched alkanes of at least 4 members (excludes halogenated alkanes) is 5. The Bertz CT molecular complexity index is 646. The van der Waals surface area contributed by atoms with Gasteiger partial charge in [-0.3, -0.25) is 0 Å². The quantitative estimate of drug-likeness (QED) is 0.273. The summed E-state index contributed by atoms with van der Waals surface area (Å²) in [4.78, 5) is 9.25. The summed E-state index contributed by atoms with van der Waals surface area (Å²) < 4.78 is 0. The van der Waals surface area contributed by atoms with Crippen LogP contribution in [0.4, 0.5) is 0 Å². The first-order valence-corrected chi connectivity index (χ1v) is 11.7. The molecule has 1 aromatic rings. The molecule has 0 aliphatic rings. The van der Waals surface area contributed by atoms with Crippen LogP contribution in [-0.2, 0) is 15.6 Å². The van der Waals surface area contributed by atoms with Crippen molar-refractivity contribution in [2.45, 2.75) is 110 Å². The van der Waals surface area contributed by atoms with Crippen LogP contribution in [0.25, 0.3) is 0 Å². The molecule has 4 N–H and O–H groups in total. The lowest BCUT2D eigenvalue weighted by molar-refractivity contribution is -0.131. The SMILES string of the molecule is C=CC(=O)O.CCCCCCCCC(CN)c1cc(C(C)(C)C)c(O)c(C(C)(C)C)c1. The highest BCUT2D eigenvalue weighted by Gasteiger charge is 2.27. The Labute approximate surface area is 191 Å². The van der Waals surface area contributed by atoms with Gasteiger partial charge in [-0.2, -0.15) is 0 Å². The monoisotopic (exact) mass is 433 g/mol. The lowest BCUT2D eigenvalue weighted by Gasteiger charge is -2.30. The van der Waals surface area contributed by atoms with E-state index in [4.69, 9.17) is 10.8 Å². The molecule has 0 saturated carbocycles. The minimum atomic E-state index is -0.981. The minimum absolute atomic E-state index is 0.0839. The molecule has 0 radical (unpaired) electrons. The summed E-state index contributed by atoms with van der Waals surface area (Å²) in [6.07, 6.45) is 9.84. The number of aliphatic carboxylic acids is 1. The van der Waals surface area contributed by atoms with Gasteiger partial charge in [0.1, 0.15) is 5.75 Å². The molecular weight excluding hydrogens is 386 g/mol. The van der Waals surface area contributed by atoms with Gasteiger partial charge in [0.2, 0.25) is 0 Å². The number of aromatic hydroxyl groups is 1. The molecule has 0 amide bonds. The fraction of sp³-hybridized carbons (Fsp3) is 0.667. The molecule has 1 unspecified atom stereocenters. The Morgan fingerprint density at radius 1 is 1.00 bits per heavy atom. The molecule has 0 heterocycles. The van der Waals surface area contributed by atoms with Crippen molar-refractivity contribution >= 4 is 5.97 Å². The first-order valence-electron chi connectivity index (χ1n) is 11.7. The average molecular weight is 434 g/mol. The number of phenolic OH excluding ortho intramolecular Hbond substituents is 1. The van der Waals surface area contributed by atoms with E-state index in [0.717, 1.165) is 23.6 Å². The average Bonchev–Trinajstić information content (AvgIpc) is 2.66. The zero-order valence-electron chi connectivity index (χ0n) is 21.1. The van der Waals surface area contributed by atoms with Gasteiger partial charge in [-0.25, -0.2) is 4.79 Å². The van der Waals surface area contributed by atoms with Crippen LogP contribution in [0.2, 0.25) is 0 Å². The molecule has 4 nitrogen and oxygen atoms in total. The van der Waals surface area contributed by atoms with Crippen LogP contribution in [-0.4, -0.2) is 22.7 Å². The first kappa shape index (κ1) is 29.2. The number of hydrogen-bond donors (Lipinski definition) is 3. The zero-order valence-corrected chi connectivity index (χ0v) is 21.1. The standard InChI is InChI=1S/C24H43NO.C3H4O2/c1-8-9-10-11-12-13-14-18(17-25)19-15-20(23(2,3)4)22(26)21(16-19)24(5,6)7;1-2-3(4)5/h15-16,18,26H,8-14,17,25H2,1-7H3;2H,1H2,(H,4,5). The van der Waals surface area contributed by atoms with Gasteiger partial charge in [0.15, 0.2) is 0 Å². The molecule has 0 bridgehead atoms. The predicted molar refractivity (Wildman–Crippen MR) is 133 cm³/mol. The molecule has 1 atom stereocenters. The van der Waals surface area contributed by atoms with Crippen molar-refractivity contribution in [2.24, 2.45) is 5.73 Å². The van der Waals surface area contributed by atoms with Crippen LogP contribution < -0.4 is 5.73 Å². The van der Waals surface area contributed by atoms with Crippen LogP contribution >= 0.6 is 0 Å². The van der Waals surface area contributed by atoms with Gasteiger partial charge in [0.25, 0.3) is 0 Å². The largest absolute Gasteiger partial charge is 0.507 e.